The van der Waals surface area contributed by atoms with Gasteiger partial charge in [-0.2, -0.15) is 18.3 Å². The van der Waals surface area contributed by atoms with E-state index in [1.807, 2.05) is 36.4 Å². The van der Waals surface area contributed by atoms with Crippen molar-refractivity contribution in [1.82, 2.24) is 15.1 Å². The maximum Gasteiger partial charge on any atom is 0.416 e. The largest absolute Gasteiger partial charge is 0.478 e. The number of carbonyl (C=O) groups is 2. The van der Waals surface area contributed by atoms with Crippen molar-refractivity contribution in [3.05, 3.63) is 137 Å². The summed E-state index contributed by atoms with van der Waals surface area (Å²) in [6.07, 6.45) is -1.56. The number of aromatic nitrogens is 2. The molecule has 5 aromatic carbocycles. The van der Waals surface area contributed by atoms with Crippen LogP contribution in [0.15, 0.2) is 109 Å². The van der Waals surface area contributed by atoms with Crippen molar-refractivity contribution in [3.63, 3.8) is 0 Å². The number of alkyl halides is 3. The van der Waals surface area contributed by atoms with Crippen molar-refractivity contribution < 1.29 is 27.9 Å². The number of benzene rings is 5. The molecule has 224 valence electrons. The summed E-state index contributed by atoms with van der Waals surface area (Å²) < 4.78 is 42.4. The van der Waals surface area contributed by atoms with Crippen LogP contribution in [0.4, 0.5) is 13.2 Å². The van der Waals surface area contributed by atoms with Crippen LogP contribution in [-0.4, -0.2) is 26.8 Å². The lowest BCUT2D eigenvalue weighted by Gasteiger charge is -2.20. The number of halogens is 3. The number of carbonyl (C=O) groups excluding carboxylic acids is 1. The van der Waals surface area contributed by atoms with Gasteiger partial charge in [-0.25, -0.2) is 4.79 Å². The van der Waals surface area contributed by atoms with E-state index in [1.165, 1.54) is 18.2 Å². The van der Waals surface area contributed by atoms with E-state index in [9.17, 15) is 27.9 Å². The molecule has 1 aliphatic rings. The Morgan fingerprint density at radius 1 is 0.822 bits per heavy atom. The molecule has 1 saturated carbocycles. The first-order chi connectivity index (χ1) is 21.6. The van der Waals surface area contributed by atoms with Crippen molar-refractivity contribution in [3.8, 4) is 11.1 Å². The summed E-state index contributed by atoms with van der Waals surface area (Å²) in [6.45, 7) is 0.374. The van der Waals surface area contributed by atoms with Gasteiger partial charge in [-0.15, -0.1) is 0 Å². The van der Waals surface area contributed by atoms with Crippen LogP contribution in [0.5, 0.6) is 0 Å². The Balaban J connectivity index is 1.31. The Hall–Kier alpha value is -5.44. The highest BCUT2D eigenvalue weighted by atomic mass is 19.4. The third kappa shape index (κ3) is 5.42. The molecule has 0 saturated heterocycles. The molecule has 0 spiro atoms. The highest BCUT2D eigenvalue weighted by Gasteiger charge is 2.46. The van der Waals surface area contributed by atoms with Crippen LogP contribution in [0.2, 0.25) is 0 Å². The average Bonchev–Trinajstić information content (AvgIpc) is 3.71. The zero-order valence-electron chi connectivity index (χ0n) is 23.8. The monoisotopic (exact) mass is 605 g/mol. The molecule has 6 nitrogen and oxygen atoms in total. The van der Waals surface area contributed by atoms with Gasteiger partial charge in [0.2, 0.25) is 0 Å². The molecule has 1 aromatic heterocycles. The fraction of sp³-hybridized carbons (Fsp3) is 0.139. The number of rotatable bonds is 7. The van der Waals surface area contributed by atoms with E-state index in [0.29, 0.717) is 41.4 Å². The second-order valence-corrected chi connectivity index (χ2v) is 11.4. The highest BCUT2D eigenvalue weighted by molar-refractivity contribution is 6.08. The Morgan fingerprint density at radius 3 is 2.29 bits per heavy atom. The summed E-state index contributed by atoms with van der Waals surface area (Å²) in [4.78, 5) is 25.5. The van der Waals surface area contributed by atoms with Crippen LogP contribution in [0.25, 0.3) is 32.8 Å². The Morgan fingerprint density at radius 2 is 1.58 bits per heavy atom. The number of hydrogen-bond donors (Lipinski definition) is 2. The zero-order valence-corrected chi connectivity index (χ0v) is 23.8. The van der Waals surface area contributed by atoms with Gasteiger partial charge in [0.05, 0.1) is 40.5 Å². The smallest absolute Gasteiger partial charge is 0.416 e. The van der Waals surface area contributed by atoms with Crippen molar-refractivity contribution in [2.24, 2.45) is 0 Å². The van der Waals surface area contributed by atoms with Gasteiger partial charge in [0.1, 0.15) is 0 Å². The Kier molecular flexibility index (Phi) is 6.69. The molecule has 7 rings (SSSR count). The third-order valence-electron chi connectivity index (χ3n) is 8.44. The number of carboxylic acid groups (broad SMARTS) is 1. The molecule has 0 aliphatic heterocycles. The van der Waals surface area contributed by atoms with Gasteiger partial charge in [-0.05, 0) is 88.3 Å². The first kappa shape index (κ1) is 28.3. The number of carboxylic acids is 1. The lowest BCUT2D eigenvalue weighted by atomic mass is 9.97. The van der Waals surface area contributed by atoms with Crippen LogP contribution >= 0.6 is 0 Å². The molecule has 9 heteroatoms. The normalized spacial score (nSPS) is 14.0. The summed E-state index contributed by atoms with van der Waals surface area (Å²) in [7, 11) is 0. The lowest BCUT2D eigenvalue weighted by molar-refractivity contribution is -0.137. The fourth-order valence-corrected chi connectivity index (χ4v) is 5.91. The fourth-order valence-electron chi connectivity index (χ4n) is 5.91. The van der Waals surface area contributed by atoms with Crippen molar-refractivity contribution in [1.29, 1.82) is 0 Å². The number of nitrogens with zero attached hydrogens (tertiary/aromatic N) is 2. The maximum atomic E-state index is 14.1. The highest BCUT2D eigenvalue weighted by Crippen LogP contribution is 2.46. The molecule has 1 fully saturated rings. The van der Waals surface area contributed by atoms with Gasteiger partial charge in [0.25, 0.3) is 5.91 Å². The molecule has 0 atom stereocenters. The first-order valence-electron chi connectivity index (χ1n) is 14.4. The number of hydrogen-bond acceptors (Lipinski definition) is 3. The van der Waals surface area contributed by atoms with Gasteiger partial charge in [0.15, 0.2) is 0 Å². The van der Waals surface area contributed by atoms with Crippen molar-refractivity contribution in [2.75, 3.05) is 0 Å². The molecular formula is C36H26F3N3O3. The predicted molar refractivity (Wildman–Crippen MR) is 165 cm³/mol. The van der Waals surface area contributed by atoms with Crippen molar-refractivity contribution >= 4 is 33.6 Å². The molecule has 2 N–H and O–H groups in total. The van der Waals surface area contributed by atoms with Gasteiger partial charge in [-0.1, -0.05) is 60.7 Å². The zero-order chi connectivity index (χ0) is 31.3. The molecular weight excluding hydrogens is 579 g/mol. The van der Waals surface area contributed by atoms with E-state index < -0.39 is 29.2 Å². The van der Waals surface area contributed by atoms with E-state index in [-0.39, 0.29) is 11.1 Å². The second-order valence-electron chi connectivity index (χ2n) is 11.4. The quantitative estimate of drug-likeness (QED) is 0.193. The minimum atomic E-state index is -4.51. The SMILES string of the molecule is O=C(O)c1ccc(C2(NC(=O)c3cc(-c4cccc(C(F)(F)F)c4)cc4cnn(Cc5ccc6ccccc6c5)c34)CC2)cc1. The maximum absolute atomic E-state index is 14.1. The van der Waals surface area contributed by atoms with E-state index in [0.717, 1.165) is 34.0 Å². The van der Waals surface area contributed by atoms with Crippen LogP contribution in [0, 0.1) is 0 Å². The molecule has 45 heavy (non-hydrogen) atoms. The second kappa shape index (κ2) is 10.6. The van der Waals surface area contributed by atoms with Gasteiger partial charge >= 0.3 is 12.1 Å². The predicted octanol–water partition coefficient (Wildman–Crippen LogP) is 8.04. The molecule has 1 amide bonds. The topological polar surface area (TPSA) is 84.2 Å². The summed E-state index contributed by atoms with van der Waals surface area (Å²) >= 11 is 0. The minimum Gasteiger partial charge on any atom is -0.478 e. The Labute approximate surface area is 255 Å². The molecule has 1 aliphatic carbocycles. The average molecular weight is 606 g/mol. The summed E-state index contributed by atoms with van der Waals surface area (Å²) in [5, 5.41) is 19.8. The number of amides is 1. The molecule has 6 aromatic rings. The first-order valence-corrected chi connectivity index (χ1v) is 14.4. The van der Waals surface area contributed by atoms with Crippen LogP contribution in [0.3, 0.4) is 0 Å². The number of aromatic carboxylic acids is 1. The van der Waals surface area contributed by atoms with Gasteiger partial charge < -0.3 is 10.4 Å². The molecule has 0 bridgehead atoms. The molecule has 0 radical (unpaired) electrons. The third-order valence-corrected chi connectivity index (χ3v) is 8.44. The number of fused-ring (bicyclic) bond motifs is 2. The van der Waals surface area contributed by atoms with E-state index in [1.54, 1.807) is 41.2 Å². The van der Waals surface area contributed by atoms with E-state index >= 15 is 0 Å². The standard InChI is InChI=1S/C36H26F3N3O3/c37-36(38,39)30-7-3-6-26(18-30)27-17-28-20-40-42(21-22-8-9-23-4-1-2-5-25(23)16-22)32(28)31(19-27)33(43)41-35(14-15-35)29-12-10-24(11-13-29)34(44)45/h1-13,16-20H,14-15,21H2,(H,41,43)(H,44,45). The minimum absolute atomic E-state index is 0.147. The summed E-state index contributed by atoms with van der Waals surface area (Å²) in [5.74, 6) is -1.43. The summed E-state index contributed by atoms with van der Waals surface area (Å²) in [6, 6.07) is 28.9. The van der Waals surface area contributed by atoms with Crippen LogP contribution in [-0.2, 0) is 18.3 Å². The van der Waals surface area contributed by atoms with Gasteiger partial charge in [-0.3, -0.25) is 9.48 Å². The summed E-state index contributed by atoms with van der Waals surface area (Å²) in [5.41, 5.74) is 2.09. The van der Waals surface area contributed by atoms with Crippen molar-refractivity contribution in [2.45, 2.75) is 31.1 Å². The van der Waals surface area contributed by atoms with Gasteiger partial charge in [0, 0.05) is 5.39 Å². The van der Waals surface area contributed by atoms with Crippen LogP contribution in [0.1, 0.15) is 50.2 Å². The van der Waals surface area contributed by atoms with Crippen LogP contribution < -0.4 is 5.32 Å². The molecule has 0 unspecified atom stereocenters. The van der Waals surface area contributed by atoms with E-state index in [4.69, 9.17) is 0 Å². The Bertz CT molecular complexity index is 2110. The number of nitrogens with one attached hydrogen (secondary N) is 1. The molecule has 1 heterocycles. The van der Waals surface area contributed by atoms with E-state index in [2.05, 4.69) is 16.5 Å². The lowest BCUT2D eigenvalue weighted by Crippen LogP contribution is -2.35.